The van der Waals surface area contributed by atoms with Crippen LogP contribution in [0.25, 0.3) is 0 Å². The van der Waals surface area contributed by atoms with Crippen LogP contribution < -0.4 is 15.5 Å². The van der Waals surface area contributed by atoms with E-state index in [0.717, 1.165) is 26.2 Å². The lowest BCUT2D eigenvalue weighted by atomic mass is 10.2. The topological polar surface area (TPSA) is 101 Å². The first kappa shape index (κ1) is 17.7. The molecule has 0 radical (unpaired) electrons. The Bertz CT molecular complexity index is 619. The second kappa shape index (κ2) is 8.84. The lowest BCUT2D eigenvalue weighted by Gasteiger charge is -2.35. The Morgan fingerprint density at radius 3 is 2.62 bits per heavy atom. The van der Waals surface area contributed by atoms with Crippen LogP contribution in [-0.4, -0.2) is 67.5 Å². The van der Waals surface area contributed by atoms with E-state index in [0.29, 0.717) is 31.0 Å². The van der Waals surface area contributed by atoms with Gasteiger partial charge in [-0.3, -0.25) is 14.5 Å². The maximum absolute atomic E-state index is 11.9. The lowest BCUT2D eigenvalue weighted by molar-refractivity contribution is -0.123. The number of hydrogen-bond acceptors (Lipinski definition) is 6. The summed E-state index contributed by atoms with van der Waals surface area (Å²) in [5.74, 6) is 0.551. The van der Waals surface area contributed by atoms with Gasteiger partial charge in [-0.1, -0.05) is 0 Å². The summed E-state index contributed by atoms with van der Waals surface area (Å²) in [5.41, 5.74) is 0.571. The summed E-state index contributed by atoms with van der Waals surface area (Å²) in [6.07, 6.45) is 1.69. The summed E-state index contributed by atoms with van der Waals surface area (Å²) in [5, 5.41) is 14.6. The van der Waals surface area contributed by atoms with Gasteiger partial charge in [0.1, 0.15) is 11.9 Å². The molecule has 0 atom stereocenters. The molecule has 0 aromatic carbocycles. The molecule has 24 heavy (non-hydrogen) atoms. The SMILES string of the molecule is CC(=O)NCCNC(=O)CN1CCN(c2ncccc2C#N)CC1. The highest BCUT2D eigenvalue weighted by Gasteiger charge is 2.21. The Morgan fingerprint density at radius 1 is 1.25 bits per heavy atom. The van der Waals surface area contributed by atoms with Crippen LogP contribution in [0.2, 0.25) is 0 Å². The van der Waals surface area contributed by atoms with E-state index < -0.39 is 0 Å². The van der Waals surface area contributed by atoms with E-state index in [4.69, 9.17) is 5.26 Å². The zero-order chi connectivity index (χ0) is 17.4. The van der Waals surface area contributed by atoms with Gasteiger partial charge in [-0.15, -0.1) is 0 Å². The molecule has 0 spiro atoms. The molecule has 2 heterocycles. The Kier molecular flexibility index (Phi) is 6.51. The Morgan fingerprint density at radius 2 is 1.96 bits per heavy atom. The Hall–Kier alpha value is -2.66. The van der Waals surface area contributed by atoms with Gasteiger partial charge in [-0.25, -0.2) is 4.98 Å². The lowest BCUT2D eigenvalue weighted by Crippen LogP contribution is -2.50. The molecule has 0 unspecified atom stereocenters. The minimum atomic E-state index is -0.105. The molecule has 1 saturated heterocycles. The van der Waals surface area contributed by atoms with Crippen molar-refractivity contribution in [2.75, 3.05) is 50.7 Å². The summed E-state index contributed by atoms with van der Waals surface area (Å²) in [6.45, 7) is 5.57. The molecule has 0 saturated carbocycles. The average molecular weight is 330 g/mol. The van der Waals surface area contributed by atoms with E-state index in [1.54, 1.807) is 18.3 Å². The van der Waals surface area contributed by atoms with Crippen LogP contribution in [0.1, 0.15) is 12.5 Å². The number of amides is 2. The van der Waals surface area contributed by atoms with Crippen molar-refractivity contribution in [3.05, 3.63) is 23.9 Å². The van der Waals surface area contributed by atoms with E-state index in [1.807, 2.05) is 0 Å². The molecule has 1 fully saturated rings. The van der Waals surface area contributed by atoms with Gasteiger partial charge in [0, 0.05) is 52.4 Å². The van der Waals surface area contributed by atoms with E-state index in [9.17, 15) is 9.59 Å². The minimum absolute atomic E-state index is 0.0515. The molecule has 8 heteroatoms. The van der Waals surface area contributed by atoms with Gasteiger partial charge in [0.25, 0.3) is 0 Å². The third-order valence-electron chi connectivity index (χ3n) is 3.77. The molecule has 1 aromatic heterocycles. The van der Waals surface area contributed by atoms with Crippen molar-refractivity contribution >= 4 is 17.6 Å². The van der Waals surface area contributed by atoms with E-state index >= 15 is 0 Å². The van der Waals surface area contributed by atoms with Crippen molar-refractivity contribution in [2.24, 2.45) is 0 Å². The third-order valence-corrected chi connectivity index (χ3v) is 3.77. The van der Waals surface area contributed by atoms with E-state index in [2.05, 4.69) is 31.5 Å². The number of nitrogens with one attached hydrogen (secondary N) is 2. The van der Waals surface area contributed by atoms with E-state index in [-0.39, 0.29) is 11.8 Å². The molecular weight excluding hydrogens is 308 g/mol. The number of carbonyl (C=O) groups excluding carboxylic acids is 2. The normalized spacial score (nSPS) is 14.8. The molecular formula is C16H22N6O2. The van der Waals surface area contributed by atoms with Gasteiger partial charge >= 0.3 is 0 Å². The van der Waals surface area contributed by atoms with Gasteiger partial charge in [-0.2, -0.15) is 5.26 Å². The smallest absolute Gasteiger partial charge is 0.234 e. The van der Waals surface area contributed by atoms with Crippen molar-refractivity contribution < 1.29 is 9.59 Å². The van der Waals surface area contributed by atoms with Crippen molar-refractivity contribution in [3.8, 4) is 6.07 Å². The maximum atomic E-state index is 11.9. The minimum Gasteiger partial charge on any atom is -0.355 e. The van der Waals surface area contributed by atoms with Crippen LogP contribution in [-0.2, 0) is 9.59 Å². The summed E-state index contributed by atoms with van der Waals surface area (Å²) >= 11 is 0. The largest absolute Gasteiger partial charge is 0.355 e. The van der Waals surface area contributed by atoms with Crippen LogP contribution in [0.4, 0.5) is 5.82 Å². The molecule has 1 aromatic rings. The van der Waals surface area contributed by atoms with Crippen LogP contribution in [0.3, 0.4) is 0 Å². The third kappa shape index (κ3) is 5.21. The van der Waals surface area contributed by atoms with Gasteiger partial charge < -0.3 is 15.5 Å². The number of hydrogen-bond donors (Lipinski definition) is 2. The first-order valence-corrected chi connectivity index (χ1v) is 7.93. The highest BCUT2D eigenvalue weighted by atomic mass is 16.2. The van der Waals surface area contributed by atoms with E-state index in [1.165, 1.54) is 6.92 Å². The number of nitriles is 1. The number of piperazine rings is 1. The summed E-state index contributed by atoms with van der Waals surface area (Å²) in [4.78, 5) is 31.0. The van der Waals surface area contributed by atoms with Gasteiger partial charge in [-0.05, 0) is 12.1 Å². The predicted octanol–water partition coefficient (Wildman–Crippen LogP) is -0.672. The fourth-order valence-electron chi connectivity index (χ4n) is 2.55. The van der Waals surface area contributed by atoms with Crippen molar-refractivity contribution in [2.45, 2.75) is 6.92 Å². The van der Waals surface area contributed by atoms with Crippen molar-refractivity contribution in [1.82, 2.24) is 20.5 Å². The number of aromatic nitrogens is 1. The van der Waals surface area contributed by atoms with Crippen LogP contribution in [0.15, 0.2) is 18.3 Å². The highest BCUT2D eigenvalue weighted by molar-refractivity contribution is 5.78. The highest BCUT2D eigenvalue weighted by Crippen LogP contribution is 2.17. The number of pyridine rings is 1. The molecule has 2 rings (SSSR count). The fourth-order valence-corrected chi connectivity index (χ4v) is 2.55. The standard InChI is InChI=1S/C16H22N6O2/c1-13(23)18-5-6-19-15(24)12-21-7-9-22(10-8-21)16-14(11-17)3-2-4-20-16/h2-4H,5-10,12H2,1H3,(H,18,23)(H,19,24). The monoisotopic (exact) mass is 330 g/mol. The fraction of sp³-hybridized carbons (Fsp3) is 0.500. The van der Waals surface area contributed by atoms with Crippen molar-refractivity contribution in [3.63, 3.8) is 0 Å². The quantitative estimate of drug-likeness (QED) is 0.671. The van der Waals surface area contributed by atoms with Crippen LogP contribution >= 0.6 is 0 Å². The van der Waals surface area contributed by atoms with Gasteiger partial charge in [0.15, 0.2) is 0 Å². The second-order valence-corrected chi connectivity index (χ2v) is 5.58. The van der Waals surface area contributed by atoms with Crippen LogP contribution in [0, 0.1) is 11.3 Å². The second-order valence-electron chi connectivity index (χ2n) is 5.58. The molecule has 128 valence electrons. The molecule has 8 nitrogen and oxygen atoms in total. The molecule has 0 bridgehead atoms. The number of nitrogens with zero attached hydrogens (tertiary/aromatic N) is 4. The first-order chi connectivity index (χ1) is 11.6. The molecule has 2 amide bonds. The average Bonchev–Trinajstić information content (AvgIpc) is 2.59. The van der Waals surface area contributed by atoms with Gasteiger partial charge in [0.2, 0.25) is 11.8 Å². The Balaban J connectivity index is 1.74. The van der Waals surface area contributed by atoms with Crippen LogP contribution in [0.5, 0.6) is 0 Å². The Labute approximate surface area is 141 Å². The molecule has 0 aliphatic carbocycles. The summed E-state index contributed by atoms with van der Waals surface area (Å²) in [6, 6.07) is 5.68. The summed E-state index contributed by atoms with van der Waals surface area (Å²) in [7, 11) is 0. The predicted molar refractivity (Wildman–Crippen MR) is 89.3 cm³/mol. The summed E-state index contributed by atoms with van der Waals surface area (Å²) < 4.78 is 0. The van der Waals surface area contributed by atoms with Crippen molar-refractivity contribution in [1.29, 1.82) is 5.26 Å². The maximum Gasteiger partial charge on any atom is 0.234 e. The number of carbonyl (C=O) groups is 2. The zero-order valence-electron chi connectivity index (χ0n) is 13.8. The number of rotatable bonds is 6. The number of anilines is 1. The molecule has 2 N–H and O–H groups in total. The zero-order valence-corrected chi connectivity index (χ0v) is 13.8. The molecule has 1 aliphatic rings. The first-order valence-electron chi connectivity index (χ1n) is 7.93. The molecule has 1 aliphatic heterocycles. The van der Waals surface area contributed by atoms with Gasteiger partial charge in [0.05, 0.1) is 12.1 Å².